The van der Waals surface area contributed by atoms with Gasteiger partial charge in [0.1, 0.15) is 6.61 Å². The first kappa shape index (κ1) is 9.01. The summed E-state index contributed by atoms with van der Waals surface area (Å²) in [5.41, 5.74) is 0. The Labute approximate surface area is 69.4 Å². The lowest BCUT2D eigenvalue weighted by atomic mass is 10.4. The standard InChI is InChI=1S/C5H7NO5S/c1-10-3-4-2-5(7)6-12(8,9)11-4/h2H,3H2,1H3,(H,6,7). The van der Waals surface area contributed by atoms with Gasteiger partial charge in [-0.2, -0.15) is 8.42 Å². The molecule has 0 fully saturated rings. The van der Waals surface area contributed by atoms with Crippen LogP contribution in [-0.2, 0) is 24.0 Å². The highest BCUT2D eigenvalue weighted by atomic mass is 32.2. The smallest absolute Gasteiger partial charge is 0.377 e. The number of nitrogens with one attached hydrogen (secondary N) is 1. The van der Waals surface area contributed by atoms with Crippen LogP contribution in [0.5, 0.6) is 0 Å². The van der Waals surface area contributed by atoms with Gasteiger partial charge in [-0.3, -0.25) is 4.79 Å². The third kappa shape index (κ3) is 2.21. The average molecular weight is 193 g/mol. The topological polar surface area (TPSA) is 81.7 Å². The highest BCUT2D eigenvalue weighted by molar-refractivity contribution is 7.85. The van der Waals surface area contributed by atoms with Gasteiger partial charge in [0.15, 0.2) is 5.76 Å². The number of carbonyl (C=O) groups excluding carboxylic acids is 1. The molecule has 12 heavy (non-hydrogen) atoms. The maximum absolute atomic E-state index is 10.7. The van der Waals surface area contributed by atoms with E-state index in [2.05, 4.69) is 8.92 Å². The monoisotopic (exact) mass is 193 g/mol. The van der Waals surface area contributed by atoms with E-state index in [1.165, 1.54) is 7.11 Å². The molecule has 0 aromatic heterocycles. The van der Waals surface area contributed by atoms with E-state index in [4.69, 9.17) is 0 Å². The van der Waals surface area contributed by atoms with E-state index in [1.54, 1.807) is 4.72 Å². The molecule has 0 saturated heterocycles. The molecule has 1 aliphatic heterocycles. The van der Waals surface area contributed by atoms with Crippen molar-refractivity contribution in [2.45, 2.75) is 0 Å². The second kappa shape index (κ2) is 3.11. The van der Waals surface area contributed by atoms with Gasteiger partial charge >= 0.3 is 10.3 Å². The second-order valence-electron chi connectivity index (χ2n) is 2.05. The Morgan fingerprint density at radius 1 is 1.67 bits per heavy atom. The van der Waals surface area contributed by atoms with Gasteiger partial charge < -0.3 is 8.92 Å². The number of hydrogen-bond donors (Lipinski definition) is 1. The molecule has 1 aliphatic rings. The first-order valence-electron chi connectivity index (χ1n) is 2.99. The molecule has 0 aromatic carbocycles. The minimum Gasteiger partial charge on any atom is -0.377 e. The summed E-state index contributed by atoms with van der Waals surface area (Å²) in [6, 6.07) is 0. The number of hydrogen-bond acceptors (Lipinski definition) is 5. The lowest BCUT2D eigenvalue weighted by Crippen LogP contribution is -2.35. The van der Waals surface area contributed by atoms with Crippen LogP contribution in [0, 0.1) is 0 Å². The van der Waals surface area contributed by atoms with Crippen LogP contribution in [0.3, 0.4) is 0 Å². The molecule has 1 rings (SSSR count). The van der Waals surface area contributed by atoms with Crippen LogP contribution in [0.15, 0.2) is 11.8 Å². The van der Waals surface area contributed by atoms with E-state index in [1.807, 2.05) is 0 Å². The maximum Gasteiger partial charge on any atom is 0.409 e. The van der Waals surface area contributed by atoms with Gasteiger partial charge in [0.2, 0.25) is 0 Å². The molecule has 6 nitrogen and oxygen atoms in total. The van der Waals surface area contributed by atoms with Crippen LogP contribution in [0.2, 0.25) is 0 Å². The van der Waals surface area contributed by atoms with Crippen molar-refractivity contribution in [1.82, 2.24) is 4.72 Å². The number of rotatable bonds is 2. The Balaban J connectivity index is 2.84. The van der Waals surface area contributed by atoms with Crippen LogP contribution >= 0.6 is 0 Å². The SMILES string of the molecule is COCC1=CC(=O)NS(=O)(=O)O1. The zero-order valence-corrected chi connectivity index (χ0v) is 7.05. The van der Waals surface area contributed by atoms with Crippen molar-refractivity contribution in [3.63, 3.8) is 0 Å². The predicted octanol–water partition coefficient (Wildman–Crippen LogP) is -1.09. The van der Waals surface area contributed by atoms with E-state index in [-0.39, 0.29) is 12.4 Å². The molecule has 1 heterocycles. The van der Waals surface area contributed by atoms with Gasteiger partial charge in [0.05, 0.1) is 0 Å². The lowest BCUT2D eigenvalue weighted by Gasteiger charge is -2.13. The van der Waals surface area contributed by atoms with Gasteiger partial charge in [0.25, 0.3) is 5.91 Å². The first-order valence-corrected chi connectivity index (χ1v) is 4.40. The van der Waals surface area contributed by atoms with Crippen LogP contribution in [0.25, 0.3) is 0 Å². The van der Waals surface area contributed by atoms with Crippen LogP contribution in [0.4, 0.5) is 0 Å². The fourth-order valence-corrected chi connectivity index (χ4v) is 1.42. The van der Waals surface area contributed by atoms with E-state index in [9.17, 15) is 13.2 Å². The Kier molecular flexibility index (Phi) is 2.34. The molecule has 7 heteroatoms. The number of methoxy groups -OCH3 is 1. The third-order valence-electron chi connectivity index (χ3n) is 1.02. The zero-order valence-electron chi connectivity index (χ0n) is 6.23. The molecule has 0 atom stereocenters. The molecule has 68 valence electrons. The van der Waals surface area contributed by atoms with Crippen molar-refractivity contribution in [3.05, 3.63) is 11.8 Å². The number of carbonyl (C=O) groups is 1. The maximum atomic E-state index is 10.7. The molecule has 0 aliphatic carbocycles. The van der Waals surface area contributed by atoms with Gasteiger partial charge in [-0.25, -0.2) is 4.72 Å². The summed E-state index contributed by atoms with van der Waals surface area (Å²) >= 11 is 0. The van der Waals surface area contributed by atoms with Gasteiger partial charge in [-0.1, -0.05) is 0 Å². The molecule has 1 amide bonds. The summed E-state index contributed by atoms with van der Waals surface area (Å²) in [6.07, 6.45) is 1.02. The van der Waals surface area contributed by atoms with Crippen molar-refractivity contribution in [2.75, 3.05) is 13.7 Å². The van der Waals surface area contributed by atoms with Gasteiger partial charge in [-0.15, -0.1) is 0 Å². The summed E-state index contributed by atoms with van der Waals surface area (Å²) in [7, 11) is -2.59. The highest BCUT2D eigenvalue weighted by Crippen LogP contribution is 2.07. The molecule has 0 spiro atoms. The van der Waals surface area contributed by atoms with Crippen molar-refractivity contribution in [2.24, 2.45) is 0 Å². The van der Waals surface area contributed by atoms with Crippen molar-refractivity contribution < 1.29 is 22.1 Å². The summed E-state index contributed by atoms with van der Waals surface area (Å²) in [4.78, 5) is 10.7. The molecule has 0 radical (unpaired) electrons. The Morgan fingerprint density at radius 3 is 2.83 bits per heavy atom. The second-order valence-corrected chi connectivity index (χ2v) is 3.33. The Morgan fingerprint density at radius 2 is 2.33 bits per heavy atom. The fourth-order valence-electron chi connectivity index (χ4n) is 0.693. The molecular weight excluding hydrogens is 186 g/mol. The van der Waals surface area contributed by atoms with E-state index in [0.29, 0.717) is 0 Å². The molecule has 0 unspecified atom stereocenters. The fraction of sp³-hybridized carbons (Fsp3) is 0.400. The zero-order chi connectivity index (χ0) is 9.19. The normalized spacial score (nSPS) is 20.8. The summed E-state index contributed by atoms with van der Waals surface area (Å²) in [5.74, 6) is -0.755. The molecule has 0 bridgehead atoms. The van der Waals surface area contributed by atoms with Gasteiger partial charge in [0, 0.05) is 13.2 Å². The van der Waals surface area contributed by atoms with Crippen molar-refractivity contribution in [1.29, 1.82) is 0 Å². The van der Waals surface area contributed by atoms with E-state index >= 15 is 0 Å². The van der Waals surface area contributed by atoms with Crippen molar-refractivity contribution >= 4 is 16.2 Å². The Bertz CT molecular complexity index is 317. The molecule has 0 saturated carbocycles. The predicted molar refractivity (Wildman–Crippen MR) is 38.1 cm³/mol. The van der Waals surface area contributed by atoms with Gasteiger partial charge in [-0.05, 0) is 0 Å². The van der Waals surface area contributed by atoms with E-state index in [0.717, 1.165) is 6.08 Å². The summed E-state index contributed by atoms with van der Waals surface area (Å²) < 4.78 is 32.0. The number of amides is 1. The Hall–Kier alpha value is -1.08. The molecule has 0 aromatic rings. The molecular formula is C5H7NO5S. The minimum absolute atomic E-state index is 0.0266. The highest BCUT2D eigenvalue weighted by Gasteiger charge is 2.22. The van der Waals surface area contributed by atoms with Crippen LogP contribution in [-0.4, -0.2) is 28.0 Å². The first-order chi connectivity index (χ1) is 5.53. The quantitative estimate of drug-likeness (QED) is 0.602. The average Bonchev–Trinajstić information content (AvgIpc) is 1.82. The summed E-state index contributed by atoms with van der Waals surface area (Å²) in [5, 5.41) is 0. The van der Waals surface area contributed by atoms with E-state index < -0.39 is 16.2 Å². The van der Waals surface area contributed by atoms with Crippen LogP contribution < -0.4 is 4.72 Å². The van der Waals surface area contributed by atoms with Crippen molar-refractivity contribution in [3.8, 4) is 0 Å². The molecule has 1 N–H and O–H groups in total. The lowest BCUT2D eigenvalue weighted by molar-refractivity contribution is -0.115. The summed E-state index contributed by atoms with van der Waals surface area (Å²) in [6.45, 7) is -0.0490. The minimum atomic E-state index is -3.95. The number of ether oxygens (including phenoxy) is 1. The largest absolute Gasteiger partial charge is 0.409 e. The third-order valence-corrected chi connectivity index (χ3v) is 1.91. The van der Waals surface area contributed by atoms with Crippen LogP contribution in [0.1, 0.15) is 0 Å².